The van der Waals surface area contributed by atoms with E-state index < -0.39 is 29.5 Å². The third-order valence-electron chi connectivity index (χ3n) is 3.80. The quantitative estimate of drug-likeness (QED) is 0.857. The molecule has 0 aliphatic carbocycles. The maximum absolute atomic E-state index is 13.6. The number of hydrogen-bond donors (Lipinski definition) is 1. The van der Waals surface area contributed by atoms with Crippen molar-refractivity contribution in [2.45, 2.75) is 19.9 Å². The molecule has 2 rings (SSSR count). The number of amides is 2. The Labute approximate surface area is 115 Å². The van der Waals surface area contributed by atoms with Gasteiger partial charge in [-0.3, -0.25) is 14.5 Å². The highest BCUT2D eigenvalue weighted by Crippen LogP contribution is 2.27. The van der Waals surface area contributed by atoms with Crippen molar-refractivity contribution in [3.05, 3.63) is 35.4 Å². The highest BCUT2D eigenvalue weighted by molar-refractivity contribution is 6.04. The summed E-state index contributed by atoms with van der Waals surface area (Å²) in [6.07, 6.45) is 0. The van der Waals surface area contributed by atoms with Crippen molar-refractivity contribution in [3.63, 3.8) is 0 Å². The molecule has 3 unspecified atom stereocenters. The van der Waals surface area contributed by atoms with E-state index in [2.05, 4.69) is 0 Å². The van der Waals surface area contributed by atoms with Gasteiger partial charge in [0.15, 0.2) is 0 Å². The number of hydrogen-bond acceptors (Lipinski definition) is 3. The van der Waals surface area contributed by atoms with Crippen molar-refractivity contribution in [1.82, 2.24) is 4.90 Å². The third-order valence-corrected chi connectivity index (χ3v) is 3.80. The molecule has 1 heterocycles. The normalized spacial score (nSPS) is 24.4. The SMILES string of the molecule is CC1C(=O)N(CC(N)c2ccc(F)cc2F)C(=O)C1C. The Balaban J connectivity index is 2.18. The molecule has 6 heteroatoms. The van der Waals surface area contributed by atoms with Gasteiger partial charge in [-0.2, -0.15) is 0 Å². The summed E-state index contributed by atoms with van der Waals surface area (Å²) in [6, 6.07) is 2.18. The van der Waals surface area contributed by atoms with Crippen LogP contribution in [0.1, 0.15) is 25.5 Å². The molecule has 0 radical (unpaired) electrons. The second-order valence-electron chi connectivity index (χ2n) is 5.14. The summed E-state index contributed by atoms with van der Waals surface area (Å²) in [7, 11) is 0. The zero-order valence-corrected chi connectivity index (χ0v) is 11.3. The Morgan fingerprint density at radius 2 is 1.75 bits per heavy atom. The van der Waals surface area contributed by atoms with E-state index in [1.54, 1.807) is 13.8 Å². The molecule has 0 spiro atoms. The van der Waals surface area contributed by atoms with Crippen LogP contribution in [0.5, 0.6) is 0 Å². The second kappa shape index (κ2) is 5.28. The highest BCUT2D eigenvalue weighted by Gasteiger charge is 2.42. The van der Waals surface area contributed by atoms with Gasteiger partial charge < -0.3 is 5.73 Å². The van der Waals surface area contributed by atoms with Crippen LogP contribution in [0, 0.1) is 23.5 Å². The van der Waals surface area contributed by atoms with Gasteiger partial charge in [-0.1, -0.05) is 19.9 Å². The lowest BCUT2D eigenvalue weighted by atomic mass is 10.00. The molecule has 2 amide bonds. The van der Waals surface area contributed by atoms with Crippen molar-refractivity contribution < 1.29 is 18.4 Å². The zero-order valence-electron chi connectivity index (χ0n) is 11.3. The number of rotatable bonds is 3. The number of nitrogens with two attached hydrogens (primary N) is 1. The molecule has 1 aromatic carbocycles. The molecule has 3 atom stereocenters. The van der Waals surface area contributed by atoms with Crippen molar-refractivity contribution in [1.29, 1.82) is 0 Å². The molecule has 20 heavy (non-hydrogen) atoms. The summed E-state index contributed by atoms with van der Waals surface area (Å²) in [5, 5.41) is 0. The van der Waals surface area contributed by atoms with Crippen LogP contribution in [0.15, 0.2) is 18.2 Å². The lowest BCUT2D eigenvalue weighted by molar-refractivity contribution is -0.140. The molecule has 108 valence electrons. The largest absolute Gasteiger partial charge is 0.322 e. The van der Waals surface area contributed by atoms with E-state index in [1.807, 2.05) is 0 Å². The lowest BCUT2D eigenvalue weighted by Gasteiger charge is -2.20. The van der Waals surface area contributed by atoms with Gasteiger partial charge >= 0.3 is 0 Å². The first kappa shape index (κ1) is 14.6. The molecule has 1 fully saturated rings. The molecule has 0 saturated carbocycles. The van der Waals surface area contributed by atoms with Crippen molar-refractivity contribution >= 4 is 11.8 Å². The van der Waals surface area contributed by atoms with Gasteiger partial charge in [0, 0.05) is 30.0 Å². The van der Waals surface area contributed by atoms with Crippen LogP contribution in [-0.2, 0) is 9.59 Å². The Morgan fingerprint density at radius 3 is 2.25 bits per heavy atom. The number of carbonyl (C=O) groups is 2. The zero-order chi connectivity index (χ0) is 15.0. The fourth-order valence-electron chi connectivity index (χ4n) is 2.31. The molecule has 4 nitrogen and oxygen atoms in total. The minimum atomic E-state index is -0.874. The van der Waals surface area contributed by atoms with Crippen molar-refractivity contribution in [3.8, 4) is 0 Å². The molecular weight excluding hydrogens is 266 g/mol. The predicted molar refractivity (Wildman–Crippen MR) is 68.3 cm³/mol. The number of benzene rings is 1. The number of halogens is 2. The number of carbonyl (C=O) groups excluding carboxylic acids is 2. The van der Waals surface area contributed by atoms with Crippen LogP contribution >= 0.6 is 0 Å². The summed E-state index contributed by atoms with van der Waals surface area (Å²) >= 11 is 0. The van der Waals surface area contributed by atoms with Crippen LogP contribution in [0.25, 0.3) is 0 Å². The van der Waals surface area contributed by atoms with Crippen LogP contribution in [-0.4, -0.2) is 23.3 Å². The maximum Gasteiger partial charge on any atom is 0.232 e. The standard InChI is InChI=1S/C14H16F2N2O2/c1-7-8(2)14(20)18(13(7)19)6-12(17)10-4-3-9(15)5-11(10)16/h3-5,7-8,12H,6,17H2,1-2H3. The Kier molecular flexibility index (Phi) is 3.85. The smallest absolute Gasteiger partial charge is 0.232 e. The van der Waals surface area contributed by atoms with Crippen molar-refractivity contribution in [2.75, 3.05) is 6.54 Å². The minimum absolute atomic E-state index is 0.0826. The van der Waals surface area contributed by atoms with Gasteiger partial charge in [-0.05, 0) is 6.07 Å². The van der Waals surface area contributed by atoms with E-state index in [0.717, 1.165) is 17.0 Å². The van der Waals surface area contributed by atoms with Crippen LogP contribution in [0.4, 0.5) is 8.78 Å². The minimum Gasteiger partial charge on any atom is -0.322 e. The first-order valence-electron chi connectivity index (χ1n) is 6.38. The molecule has 1 aromatic rings. The molecule has 1 saturated heterocycles. The Morgan fingerprint density at radius 1 is 1.20 bits per heavy atom. The number of likely N-dealkylation sites (tertiary alicyclic amines) is 1. The van der Waals surface area contributed by atoms with Crippen LogP contribution < -0.4 is 5.73 Å². The first-order valence-corrected chi connectivity index (χ1v) is 6.38. The Bertz CT molecular complexity index is 542. The van der Waals surface area contributed by atoms with Gasteiger partial charge in [0.25, 0.3) is 0 Å². The molecule has 0 bridgehead atoms. The van der Waals surface area contributed by atoms with Gasteiger partial charge in [0.2, 0.25) is 11.8 Å². The van der Waals surface area contributed by atoms with Gasteiger partial charge in [-0.25, -0.2) is 8.78 Å². The topological polar surface area (TPSA) is 63.4 Å². The molecule has 1 aliphatic rings. The molecule has 1 aliphatic heterocycles. The Hall–Kier alpha value is -1.82. The van der Waals surface area contributed by atoms with E-state index in [-0.39, 0.29) is 23.9 Å². The summed E-state index contributed by atoms with van der Waals surface area (Å²) in [5.41, 5.74) is 5.92. The number of imide groups is 1. The summed E-state index contributed by atoms with van der Waals surface area (Å²) in [4.78, 5) is 24.9. The van der Waals surface area contributed by atoms with Crippen LogP contribution in [0.3, 0.4) is 0 Å². The predicted octanol–water partition coefficient (Wildman–Crippen LogP) is 1.61. The van der Waals surface area contributed by atoms with Gasteiger partial charge in [0.1, 0.15) is 11.6 Å². The van der Waals surface area contributed by atoms with Gasteiger partial charge in [0.05, 0.1) is 6.04 Å². The van der Waals surface area contributed by atoms with E-state index >= 15 is 0 Å². The summed E-state index contributed by atoms with van der Waals surface area (Å²) in [6.45, 7) is 3.25. The molecular formula is C14H16F2N2O2. The molecule has 2 N–H and O–H groups in total. The van der Waals surface area contributed by atoms with Gasteiger partial charge in [-0.15, -0.1) is 0 Å². The van der Waals surface area contributed by atoms with E-state index in [4.69, 9.17) is 5.73 Å². The van der Waals surface area contributed by atoms with E-state index in [0.29, 0.717) is 0 Å². The summed E-state index contributed by atoms with van der Waals surface area (Å²) < 4.78 is 26.5. The monoisotopic (exact) mass is 282 g/mol. The van der Waals surface area contributed by atoms with E-state index in [1.165, 1.54) is 6.07 Å². The van der Waals surface area contributed by atoms with Crippen LogP contribution in [0.2, 0.25) is 0 Å². The first-order chi connectivity index (χ1) is 9.32. The summed E-state index contributed by atoms with van der Waals surface area (Å²) in [5.74, 6) is -2.88. The average molecular weight is 282 g/mol. The third kappa shape index (κ3) is 2.43. The fraction of sp³-hybridized carbons (Fsp3) is 0.429. The number of nitrogens with zero attached hydrogens (tertiary/aromatic N) is 1. The van der Waals surface area contributed by atoms with Crippen molar-refractivity contribution in [2.24, 2.45) is 17.6 Å². The average Bonchev–Trinajstić information content (AvgIpc) is 2.56. The highest BCUT2D eigenvalue weighted by atomic mass is 19.1. The lowest BCUT2D eigenvalue weighted by Crippen LogP contribution is -2.37. The fourth-order valence-corrected chi connectivity index (χ4v) is 2.31. The second-order valence-corrected chi connectivity index (χ2v) is 5.14. The van der Waals surface area contributed by atoms with E-state index in [9.17, 15) is 18.4 Å². The maximum atomic E-state index is 13.6. The molecule has 0 aromatic heterocycles.